The van der Waals surface area contributed by atoms with E-state index in [1.807, 2.05) is 6.07 Å². The molecule has 0 amide bonds. The van der Waals surface area contributed by atoms with Crippen molar-refractivity contribution in [3.05, 3.63) is 35.6 Å². The average Bonchev–Trinajstić information content (AvgIpc) is 2.38. The summed E-state index contributed by atoms with van der Waals surface area (Å²) < 4.78 is 14.0. The molecule has 0 spiro atoms. The third-order valence-corrected chi connectivity index (χ3v) is 3.72. The van der Waals surface area contributed by atoms with Gasteiger partial charge in [-0.25, -0.2) is 4.39 Å². The van der Waals surface area contributed by atoms with Gasteiger partial charge in [0, 0.05) is 44.2 Å². The molecule has 104 valence electrons. The quantitative estimate of drug-likeness (QED) is 0.832. The van der Waals surface area contributed by atoms with Gasteiger partial charge >= 0.3 is 0 Å². The number of hydrogen-bond acceptors (Lipinski definition) is 3. The van der Waals surface area contributed by atoms with E-state index in [2.05, 4.69) is 16.8 Å². The Kier molecular flexibility index (Phi) is 4.66. The van der Waals surface area contributed by atoms with Gasteiger partial charge in [0.25, 0.3) is 0 Å². The summed E-state index contributed by atoms with van der Waals surface area (Å²) in [6, 6.07) is 6.65. The van der Waals surface area contributed by atoms with Crippen LogP contribution in [0.5, 0.6) is 0 Å². The van der Waals surface area contributed by atoms with E-state index in [0.29, 0.717) is 12.0 Å². The fourth-order valence-corrected chi connectivity index (χ4v) is 2.59. The largest absolute Gasteiger partial charge is 0.304 e. The highest BCUT2D eigenvalue weighted by molar-refractivity contribution is 5.76. The summed E-state index contributed by atoms with van der Waals surface area (Å²) in [4.78, 5) is 16.0. The van der Waals surface area contributed by atoms with Gasteiger partial charge in [-0.15, -0.1) is 0 Å². The lowest BCUT2D eigenvalue weighted by molar-refractivity contribution is -0.118. The molecule has 1 unspecified atom stereocenters. The number of rotatable bonds is 4. The molecule has 0 saturated carbocycles. The highest BCUT2D eigenvalue weighted by Crippen LogP contribution is 2.27. The Morgan fingerprint density at radius 3 is 2.47 bits per heavy atom. The predicted octanol–water partition coefficient (Wildman–Crippen LogP) is 2.09. The Morgan fingerprint density at radius 1 is 1.26 bits per heavy atom. The third-order valence-electron chi connectivity index (χ3n) is 3.72. The summed E-state index contributed by atoms with van der Waals surface area (Å²) in [7, 11) is 2.08. The minimum Gasteiger partial charge on any atom is -0.304 e. The van der Waals surface area contributed by atoms with Gasteiger partial charge in [0.1, 0.15) is 11.6 Å². The van der Waals surface area contributed by atoms with Gasteiger partial charge in [0.2, 0.25) is 0 Å². The fourth-order valence-electron chi connectivity index (χ4n) is 2.59. The van der Waals surface area contributed by atoms with Crippen LogP contribution in [-0.2, 0) is 4.79 Å². The van der Waals surface area contributed by atoms with E-state index in [9.17, 15) is 9.18 Å². The molecule has 1 aliphatic heterocycles. The molecule has 1 heterocycles. The van der Waals surface area contributed by atoms with Crippen LogP contribution in [0, 0.1) is 5.82 Å². The van der Waals surface area contributed by atoms with E-state index < -0.39 is 0 Å². The lowest BCUT2D eigenvalue weighted by Crippen LogP contribution is -2.46. The Labute approximate surface area is 114 Å². The van der Waals surface area contributed by atoms with Gasteiger partial charge in [-0.2, -0.15) is 0 Å². The topological polar surface area (TPSA) is 23.6 Å². The number of ketones is 1. The molecule has 0 bridgehead atoms. The van der Waals surface area contributed by atoms with E-state index in [1.54, 1.807) is 19.1 Å². The number of likely N-dealkylation sites (N-methyl/N-ethyl adjacent to an activating group) is 1. The highest BCUT2D eigenvalue weighted by atomic mass is 19.1. The highest BCUT2D eigenvalue weighted by Gasteiger charge is 2.26. The predicted molar refractivity (Wildman–Crippen MR) is 73.5 cm³/mol. The Morgan fingerprint density at radius 2 is 1.89 bits per heavy atom. The number of benzene rings is 1. The zero-order valence-corrected chi connectivity index (χ0v) is 11.6. The van der Waals surface area contributed by atoms with Gasteiger partial charge in [-0.3, -0.25) is 9.69 Å². The lowest BCUT2D eigenvalue weighted by atomic mass is 9.98. The van der Waals surface area contributed by atoms with Crippen LogP contribution in [0.3, 0.4) is 0 Å². The number of carbonyl (C=O) groups excluding carboxylic acids is 1. The van der Waals surface area contributed by atoms with Crippen molar-refractivity contribution in [2.24, 2.45) is 0 Å². The molecular weight excluding hydrogens is 243 g/mol. The summed E-state index contributed by atoms with van der Waals surface area (Å²) >= 11 is 0. The van der Waals surface area contributed by atoms with Crippen LogP contribution < -0.4 is 0 Å². The second kappa shape index (κ2) is 6.26. The summed E-state index contributed by atoms with van der Waals surface area (Å²) in [5, 5.41) is 0. The second-order valence-electron chi connectivity index (χ2n) is 5.28. The summed E-state index contributed by atoms with van der Waals surface area (Å²) in [6.45, 7) is 5.25. The molecule has 1 fully saturated rings. The van der Waals surface area contributed by atoms with E-state index >= 15 is 0 Å². The van der Waals surface area contributed by atoms with Crippen LogP contribution in [-0.4, -0.2) is 48.8 Å². The first-order valence-corrected chi connectivity index (χ1v) is 6.74. The van der Waals surface area contributed by atoms with Crippen molar-refractivity contribution in [2.45, 2.75) is 19.4 Å². The maximum Gasteiger partial charge on any atom is 0.131 e. The minimum absolute atomic E-state index is 0.104. The van der Waals surface area contributed by atoms with E-state index in [-0.39, 0.29) is 17.6 Å². The van der Waals surface area contributed by atoms with Gasteiger partial charge in [-0.1, -0.05) is 18.2 Å². The summed E-state index contributed by atoms with van der Waals surface area (Å²) in [5.41, 5.74) is 0.641. The summed E-state index contributed by atoms with van der Waals surface area (Å²) in [6.07, 6.45) is 0.380. The lowest BCUT2D eigenvalue weighted by Gasteiger charge is -2.38. The Hall–Kier alpha value is -1.26. The molecule has 1 aliphatic rings. The van der Waals surface area contributed by atoms with Gasteiger partial charge < -0.3 is 4.90 Å². The number of halogens is 1. The molecule has 0 aromatic heterocycles. The smallest absolute Gasteiger partial charge is 0.131 e. The van der Waals surface area contributed by atoms with Crippen LogP contribution in [0.1, 0.15) is 24.9 Å². The normalized spacial score (nSPS) is 19.3. The first kappa shape index (κ1) is 14.2. The number of nitrogens with zero attached hydrogens (tertiary/aromatic N) is 2. The molecule has 1 aromatic rings. The second-order valence-corrected chi connectivity index (χ2v) is 5.28. The molecule has 19 heavy (non-hydrogen) atoms. The average molecular weight is 264 g/mol. The van der Waals surface area contributed by atoms with Crippen molar-refractivity contribution in [3.8, 4) is 0 Å². The monoisotopic (exact) mass is 264 g/mol. The van der Waals surface area contributed by atoms with Crippen LogP contribution in [0.25, 0.3) is 0 Å². The molecular formula is C15H21FN2O. The van der Waals surface area contributed by atoms with Crippen molar-refractivity contribution in [1.82, 2.24) is 9.80 Å². The number of piperazine rings is 1. The number of hydrogen-bond donors (Lipinski definition) is 0. The Bertz CT molecular complexity index is 442. The van der Waals surface area contributed by atoms with Crippen LogP contribution in [0.4, 0.5) is 4.39 Å². The zero-order chi connectivity index (χ0) is 13.8. The first-order chi connectivity index (χ1) is 9.08. The molecule has 0 aliphatic carbocycles. The van der Waals surface area contributed by atoms with Crippen molar-refractivity contribution in [1.29, 1.82) is 0 Å². The van der Waals surface area contributed by atoms with Gasteiger partial charge in [-0.05, 0) is 20.0 Å². The minimum atomic E-state index is -0.215. The zero-order valence-electron chi connectivity index (χ0n) is 11.6. The van der Waals surface area contributed by atoms with E-state index in [1.165, 1.54) is 6.07 Å². The molecule has 2 rings (SSSR count). The van der Waals surface area contributed by atoms with Crippen molar-refractivity contribution < 1.29 is 9.18 Å². The van der Waals surface area contributed by atoms with Gasteiger partial charge in [0.15, 0.2) is 0 Å². The van der Waals surface area contributed by atoms with E-state index in [4.69, 9.17) is 0 Å². The summed E-state index contributed by atoms with van der Waals surface area (Å²) in [5.74, 6) is -0.111. The molecule has 1 atom stereocenters. The standard InChI is InChI=1S/C15H21FN2O/c1-12(19)11-15(13-5-3-4-6-14(13)16)18-9-7-17(2)8-10-18/h3-6,15H,7-11H2,1-2H3. The molecule has 1 saturated heterocycles. The van der Waals surface area contributed by atoms with Crippen LogP contribution in [0.2, 0.25) is 0 Å². The first-order valence-electron chi connectivity index (χ1n) is 6.74. The maximum atomic E-state index is 14.0. The fraction of sp³-hybridized carbons (Fsp3) is 0.533. The molecule has 3 nitrogen and oxygen atoms in total. The van der Waals surface area contributed by atoms with Gasteiger partial charge in [0.05, 0.1) is 0 Å². The van der Waals surface area contributed by atoms with Crippen molar-refractivity contribution in [2.75, 3.05) is 33.2 Å². The maximum absolute atomic E-state index is 14.0. The molecule has 0 radical (unpaired) electrons. The molecule has 4 heteroatoms. The SMILES string of the molecule is CC(=O)CC(c1ccccc1F)N1CCN(C)CC1. The van der Waals surface area contributed by atoms with Crippen molar-refractivity contribution >= 4 is 5.78 Å². The molecule has 1 aromatic carbocycles. The number of carbonyl (C=O) groups is 1. The van der Waals surface area contributed by atoms with Crippen LogP contribution >= 0.6 is 0 Å². The van der Waals surface area contributed by atoms with Crippen molar-refractivity contribution in [3.63, 3.8) is 0 Å². The number of Topliss-reactive ketones (excluding diaryl/α,β-unsaturated/α-hetero) is 1. The van der Waals surface area contributed by atoms with E-state index in [0.717, 1.165) is 26.2 Å². The van der Waals surface area contributed by atoms with Crippen LogP contribution in [0.15, 0.2) is 24.3 Å². The Balaban J connectivity index is 2.21. The third kappa shape index (κ3) is 3.61. The molecule has 0 N–H and O–H groups in total.